The Kier molecular flexibility index (Phi) is 6.04. The zero-order valence-corrected chi connectivity index (χ0v) is 19.4. The van der Waals surface area contributed by atoms with Gasteiger partial charge in [-0.1, -0.05) is 24.3 Å². The molecule has 4 aromatic rings. The summed E-state index contributed by atoms with van der Waals surface area (Å²) in [6.45, 7) is 0. The molecule has 0 aliphatic heterocycles. The highest BCUT2D eigenvalue weighted by molar-refractivity contribution is 7.07. The number of ether oxygens (including phenoxy) is 2. The molecule has 0 N–H and O–H groups in total. The number of hydrogen-bond acceptors (Lipinski definition) is 6. The fourth-order valence-electron chi connectivity index (χ4n) is 4.03. The van der Waals surface area contributed by atoms with E-state index in [1.807, 2.05) is 35.0 Å². The van der Waals surface area contributed by atoms with E-state index in [0.717, 1.165) is 58.2 Å². The van der Waals surface area contributed by atoms with Crippen LogP contribution >= 0.6 is 11.3 Å². The van der Waals surface area contributed by atoms with E-state index in [1.54, 1.807) is 26.6 Å². The van der Waals surface area contributed by atoms with Gasteiger partial charge in [0.2, 0.25) is 4.80 Å². The fourth-order valence-corrected chi connectivity index (χ4v) is 4.87. The summed E-state index contributed by atoms with van der Waals surface area (Å²) in [4.78, 5) is 9.81. The van der Waals surface area contributed by atoms with Crippen LogP contribution in [0.3, 0.4) is 0 Å². The molecule has 2 aromatic heterocycles. The zero-order chi connectivity index (χ0) is 22.6. The average Bonchev–Trinajstić information content (AvgIpc) is 3.26. The third-order valence-corrected chi connectivity index (χ3v) is 6.46. The van der Waals surface area contributed by atoms with Crippen molar-refractivity contribution < 1.29 is 9.47 Å². The first-order chi connectivity index (χ1) is 16.3. The summed E-state index contributed by atoms with van der Waals surface area (Å²) in [7, 11) is 3.34. The summed E-state index contributed by atoms with van der Waals surface area (Å²) in [5.41, 5.74) is 6.18. The minimum Gasteiger partial charge on any atom is -0.497 e. The lowest BCUT2D eigenvalue weighted by Crippen LogP contribution is -2.18. The summed E-state index contributed by atoms with van der Waals surface area (Å²) >= 11 is 1.53. The SMILES string of the molecule is COc1ccc(OC)c(-c2csc(=Nc3cccnc3)n2N=C2CCCc3ccccc32)c1. The van der Waals surface area contributed by atoms with Crippen LogP contribution in [0.5, 0.6) is 11.5 Å². The van der Waals surface area contributed by atoms with E-state index >= 15 is 0 Å². The zero-order valence-electron chi connectivity index (χ0n) is 18.6. The largest absolute Gasteiger partial charge is 0.497 e. The van der Waals surface area contributed by atoms with Crippen LogP contribution in [-0.2, 0) is 6.42 Å². The van der Waals surface area contributed by atoms with Crippen molar-refractivity contribution >= 4 is 22.7 Å². The second kappa shape index (κ2) is 9.42. The van der Waals surface area contributed by atoms with Crippen molar-refractivity contribution in [2.45, 2.75) is 19.3 Å². The van der Waals surface area contributed by atoms with Crippen molar-refractivity contribution in [3.8, 4) is 22.8 Å². The second-order valence-corrected chi connectivity index (χ2v) is 8.50. The number of aryl methyl sites for hydroxylation is 1. The van der Waals surface area contributed by atoms with Crippen LogP contribution in [0.15, 0.2) is 82.5 Å². The van der Waals surface area contributed by atoms with Gasteiger partial charge in [0.25, 0.3) is 0 Å². The Balaban J connectivity index is 1.74. The maximum Gasteiger partial charge on any atom is 0.211 e. The van der Waals surface area contributed by atoms with Gasteiger partial charge in [-0.2, -0.15) is 5.10 Å². The van der Waals surface area contributed by atoms with Crippen molar-refractivity contribution in [2.24, 2.45) is 10.1 Å². The highest BCUT2D eigenvalue weighted by Crippen LogP contribution is 2.34. The topological polar surface area (TPSA) is 61.0 Å². The van der Waals surface area contributed by atoms with Gasteiger partial charge >= 0.3 is 0 Å². The predicted molar refractivity (Wildman–Crippen MR) is 132 cm³/mol. The summed E-state index contributed by atoms with van der Waals surface area (Å²) in [6.07, 6.45) is 6.56. The molecular weight excluding hydrogens is 432 g/mol. The maximum atomic E-state index is 5.67. The summed E-state index contributed by atoms with van der Waals surface area (Å²) in [5.74, 6) is 1.50. The van der Waals surface area contributed by atoms with Gasteiger partial charge in [-0.05, 0) is 55.2 Å². The average molecular weight is 457 g/mol. The van der Waals surface area contributed by atoms with Crippen LogP contribution in [0.1, 0.15) is 24.0 Å². The van der Waals surface area contributed by atoms with E-state index in [0.29, 0.717) is 0 Å². The molecule has 1 aliphatic carbocycles. The molecular formula is C26H24N4O2S. The lowest BCUT2D eigenvalue weighted by Gasteiger charge is -2.18. The standard InChI is InChI=1S/C26H24N4O2S/c1-31-20-12-13-25(32-2)22(15-20)24-17-33-26(28-19-9-6-14-27-16-19)30(24)29-23-11-5-8-18-7-3-4-10-21(18)23/h3-4,6-7,9-10,12-17H,5,8,11H2,1-2H3. The van der Waals surface area contributed by atoms with Crippen molar-refractivity contribution in [1.82, 2.24) is 9.66 Å². The maximum absolute atomic E-state index is 5.67. The molecule has 2 aromatic carbocycles. The van der Waals surface area contributed by atoms with E-state index < -0.39 is 0 Å². The monoisotopic (exact) mass is 456 g/mol. The van der Waals surface area contributed by atoms with E-state index in [9.17, 15) is 0 Å². The van der Waals surface area contributed by atoms with Crippen molar-refractivity contribution in [3.05, 3.63) is 88.3 Å². The van der Waals surface area contributed by atoms with Gasteiger partial charge in [0, 0.05) is 22.7 Å². The number of hydrogen-bond donors (Lipinski definition) is 0. The molecule has 0 saturated carbocycles. The van der Waals surface area contributed by atoms with Crippen molar-refractivity contribution in [3.63, 3.8) is 0 Å². The number of nitrogens with zero attached hydrogens (tertiary/aromatic N) is 4. The highest BCUT2D eigenvalue weighted by atomic mass is 32.1. The van der Waals surface area contributed by atoms with E-state index in [2.05, 4.69) is 34.6 Å². The quantitative estimate of drug-likeness (QED) is 0.401. The Bertz CT molecular complexity index is 1370. The molecule has 0 amide bonds. The van der Waals surface area contributed by atoms with Gasteiger partial charge < -0.3 is 9.47 Å². The normalized spacial score (nSPS) is 14.8. The molecule has 33 heavy (non-hydrogen) atoms. The van der Waals surface area contributed by atoms with Gasteiger partial charge in [0.05, 0.1) is 37.5 Å². The molecule has 5 rings (SSSR count). The molecule has 0 spiro atoms. The number of methoxy groups -OCH3 is 2. The number of benzene rings is 2. The molecule has 1 aliphatic rings. The van der Waals surface area contributed by atoms with Crippen molar-refractivity contribution in [1.29, 1.82) is 0 Å². The Morgan fingerprint density at radius 3 is 2.70 bits per heavy atom. The van der Waals surface area contributed by atoms with Crippen LogP contribution in [0.2, 0.25) is 0 Å². The first kappa shape index (κ1) is 21.2. The Morgan fingerprint density at radius 2 is 1.88 bits per heavy atom. The fraction of sp³-hybridized carbons (Fsp3) is 0.192. The van der Waals surface area contributed by atoms with E-state index in [-0.39, 0.29) is 0 Å². The van der Waals surface area contributed by atoms with Crippen LogP contribution in [0.4, 0.5) is 5.69 Å². The van der Waals surface area contributed by atoms with Crippen molar-refractivity contribution in [2.75, 3.05) is 14.2 Å². The van der Waals surface area contributed by atoms with Crippen LogP contribution in [0.25, 0.3) is 11.3 Å². The van der Waals surface area contributed by atoms with E-state index in [1.165, 1.54) is 22.5 Å². The van der Waals surface area contributed by atoms with Crippen LogP contribution in [0, 0.1) is 0 Å². The van der Waals surface area contributed by atoms with Crippen LogP contribution in [-0.4, -0.2) is 29.6 Å². The number of fused-ring (bicyclic) bond motifs is 1. The number of aromatic nitrogens is 2. The molecule has 2 heterocycles. The number of thiazole rings is 1. The molecule has 7 heteroatoms. The predicted octanol–water partition coefficient (Wildman–Crippen LogP) is 5.45. The summed E-state index contributed by atoms with van der Waals surface area (Å²) in [5, 5.41) is 7.22. The van der Waals surface area contributed by atoms with Gasteiger partial charge in [-0.25, -0.2) is 9.67 Å². The third-order valence-electron chi connectivity index (χ3n) is 5.65. The molecule has 0 atom stereocenters. The molecule has 166 valence electrons. The van der Waals surface area contributed by atoms with Crippen LogP contribution < -0.4 is 14.3 Å². The Morgan fingerprint density at radius 1 is 0.970 bits per heavy atom. The summed E-state index contributed by atoms with van der Waals surface area (Å²) < 4.78 is 13.1. The van der Waals surface area contributed by atoms with Gasteiger partial charge in [-0.3, -0.25) is 4.98 Å². The molecule has 0 unspecified atom stereocenters. The second-order valence-electron chi connectivity index (χ2n) is 7.66. The number of rotatable bonds is 5. The number of pyridine rings is 1. The smallest absolute Gasteiger partial charge is 0.211 e. The minimum atomic E-state index is 0.750. The Labute approximate surface area is 196 Å². The Hall–Kier alpha value is -3.71. The molecule has 0 fully saturated rings. The highest BCUT2D eigenvalue weighted by Gasteiger charge is 2.18. The molecule has 0 bridgehead atoms. The molecule has 0 radical (unpaired) electrons. The van der Waals surface area contributed by atoms with E-state index in [4.69, 9.17) is 19.6 Å². The molecule has 6 nitrogen and oxygen atoms in total. The lowest BCUT2D eigenvalue weighted by molar-refractivity contribution is 0.404. The lowest BCUT2D eigenvalue weighted by atomic mass is 9.90. The van der Waals surface area contributed by atoms with Gasteiger partial charge in [-0.15, -0.1) is 11.3 Å². The van der Waals surface area contributed by atoms with Gasteiger partial charge in [0.1, 0.15) is 11.5 Å². The first-order valence-electron chi connectivity index (χ1n) is 10.8. The van der Waals surface area contributed by atoms with Gasteiger partial charge in [0.15, 0.2) is 0 Å². The first-order valence-corrected chi connectivity index (χ1v) is 11.7. The molecule has 0 saturated heterocycles. The summed E-state index contributed by atoms with van der Waals surface area (Å²) in [6, 6.07) is 18.1. The third kappa shape index (κ3) is 4.32. The minimum absolute atomic E-state index is 0.750.